The Morgan fingerprint density at radius 3 is 2.44 bits per heavy atom. The molecule has 0 atom stereocenters. The van der Waals surface area contributed by atoms with Gasteiger partial charge >= 0.3 is 0 Å². The molecular weight excluding hydrogens is 318 g/mol. The maximum Gasteiger partial charge on any atom is 0.273 e. The molecule has 1 aliphatic heterocycles. The number of ether oxygens (including phenoxy) is 1. The average Bonchev–Trinajstić information content (AvgIpc) is 2.63. The summed E-state index contributed by atoms with van der Waals surface area (Å²) in [7, 11) is 0. The topological polar surface area (TPSA) is 58.8 Å². The highest BCUT2D eigenvalue weighted by atomic mass is 16.6. The zero-order chi connectivity index (χ0) is 17.6. The van der Waals surface area contributed by atoms with E-state index in [1.165, 1.54) is 0 Å². The number of piperazine rings is 1. The second-order valence-corrected chi connectivity index (χ2v) is 6.05. The van der Waals surface area contributed by atoms with Crippen molar-refractivity contribution in [3.8, 4) is 5.75 Å². The number of hydrogen-bond donors (Lipinski definition) is 0. The van der Waals surface area contributed by atoms with Crippen LogP contribution in [0.5, 0.6) is 5.75 Å². The molecule has 1 aliphatic rings. The van der Waals surface area contributed by atoms with Crippen molar-refractivity contribution in [1.82, 2.24) is 4.90 Å². The first-order valence-electron chi connectivity index (χ1n) is 8.60. The average molecular weight is 341 g/mol. The number of nitro benzene ring substituents is 1. The monoisotopic (exact) mass is 341 g/mol. The van der Waals surface area contributed by atoms with E-state index < -0.39 is 0 Å². The normalized spacial score (nSPS) is 15.2. The Kier molecular flexibility index (Phi) is 5.50. The van der Waals surface area contributed by atoms with E-state index >= 15 is 0 Å². The van der Waals surface area contributed by atoms with Gasteiger partial charge in [-0.2, -0.15) is 0 Å². The molecule has 6 heteroatoms. The Hall–Kier alpha value is -2.60. The number of anilines is 1. The first-order chi connectivity index (χ1) is 12.2. The third-order valence-electron chi connectivity index (χ3n) is 4.46. The quantitative estimate of drug-likeness (QED) is 0.596. The SMILES string of the molecule is CCOc1ccccc1N1CCN(Cc2ccccc2[N+](=O)[O-])CC1. The Labute approximate surface area is 147 Å². The second kappa shape index (κ2) is 7.98. The first kappa shape index (κ1) is 17.2. The van der Waals surface area contributed by atoms with Crippen molar-refractivity contribution in [2.24, 2.45) is 0 Å². The van der Waals surface area contributed by atoms with Crippen LogP contribution < -0.4 is 9.64 Å². The Bertz CT molecular complexity index is 727. The molecule has 2 aromatic rings. The number of rotatable bonds is 6. The van der Waals surface area contributed by atoms with Gasteiger partial charge in [-0.15, -0.1) is 0 Å². The fraction of sp³-hybridized carbons (Fsp3) is 0.368. The van der Waals surface area contributed by atoms with Gasteiger partial charge in [0.25, 0.3) is 5.69 Å². The van der Waals surface area contributed by atoms with E-state index in [9.17, 15) is 10.1 Å². The van der Waals surface area contributed by atoms with Crippen LogP contribution in [0.3, 0.4) is 0 Å². The molecule has 0 aliphatic carbocycles. The van der Waals surface area contributed by atoms with Crippen molar-refractivity contribution in [3.05, 3.63) is 64.2 Å². The zero-order valence-corrected chi connectivity index (χ0v) is 14.4. The van der Waals surface area contributed by atoms with Crippen molar-refractivity contribution in [2.75, 3.05) is 37.7 Å². The van der Waals surface area contributed by atoms with Crippen LogP contribution in [0.1, 0.15) is 12.5 Å². The molecule has 25 heavy (non-hydrogen) atoms. The van der Waals surface area contributed by atoms with Gasteiger partial charge in [-0.1, -0.05) is 30.3 Å². The van der Waals surface area contributed by atoms with Crippen molar-refractivity contribution in [2.45, 2.75) is 13.5 Å². The van der Waals surface area contributed by atoms with Gasteiger partial charge in [-0.05, 0) is 19.1 Å². The molecule has 0 spiro atoms. The van der Waals surface area contributed by atoms with Crippen molar-refractivity contribution in [1.29, 1.82) is 0 Å². The predicted molar refractivity (Wildman–Crippen MR) is 98.2 cm³/mol. The van der Waals surface area contributed by atoms with Gasteiger partial charge in [0.1, 0.15) is 5.75 Å². The summed E-state index contributed by atoms with van der Waals surface area (Å²) in [6.45, 7) is 6.74. The number of para-hydroxylation sites is 3. The minimum Gasteiger partial charge on any atom is -0.492 e. The molecule has 3 rings (SSSR count). The van der Waals surface area contributed by atoms with Crippen LogP contribution in [0.2, 0.25) is 0 Å². The van der Waals surface area contributed by atoms with Crippen LogP contribution in [0.15, 0.2) is 48.5 Å². The van der Waals surface area contributed by atoms with Gasteiger partial charge in [0.2, 0.25) is 0 Å². The highest BCUT2D eigenvalue weighted by molar-refractivity contribution is 5.58. The lowest BCUT2D eigenvalue weighted by Gasteiger charge is -2.36. The third-order valence-corrected chi connectivity index (χ3v) is 4.46. The van der Waals surface area contributed by atoms with Crippen LogP contribution in [0, 0.1) is 10.1 Å². The lowest BCUT2D eigenvalue weighted by molar-refractivity contribution is -0.385. The van der Waals surface area contributed by atoms with E-state index in [1.807, 2.05) is 37.3 Å². The second-order valence-electron chi connectivity index (χ2n) is 6.05. The van der Waals surface area contributed by atoms with E-state index in [0.29, 0.717) is 13.2 Å². The maximum atomic E-state index is 11.2. The molecule has 0 amide bonds. The van der Waals surface area contributed by atoms with Crippen molar-refractivity contribution >= 4 is 11.4 Å². The third kappa shape index (κ3) is 4.09. The molecule has 1 fully saturated rings. The van der Waals surface area contributed by atoms with Gasteiger partial charge in [0, 0.05) is 44.4 Å². The molecule has 2 aromatic carbocycles. The molecule has 6 nitrogen and oxygen atoms in total. The molecule has 132 valence electrons. The zero-order valence-electron chi connectivity index (χ0n) is 14.4. The maximum absolute atomic E-state index is 11.2. The van der Waals surface area contributed by atoms with E-state index in [0.717, 1.165) is 43.2 Å². The van der Waals surface area contributed by atoms with Gasteiger partial charge < -0.3 is 9.64 Å². The molecule has 0 saturated carbocycles. The molecule has 0 radical (unpaired) electrons. The highest BCUT2D eigenvalue weighted by Gasteiger charge is 2.22. The summed E-state index contributed by atoms with van der Waals surface area (Å²) in [4.78, 5) is 15.4. The summed E-state index contributed by atoms with van der Waals surface area (Å²) >= 11 is 0. The summed E-state index contributed by atoms with van der Waals surface area (Å²) in [6.07, 6.45) is 0. The van der Waals surface area contributed by atoms with Gasteiger partial charge in [0.15, 0.2) is 0 Å². The molecule has 1 heterocycles. The van der Waals surface area contributed by atoms with E-state index in [-0.39, 0.29) is 10.6 Å². The largest absolute Gasteiger partial charge is 0.492 e. The fourth-order valence-electron chi connectivity index (χ4n) is 3.21. The standard InChI is InChI=1S/C19H23N3O3/c1-2-25-19-10-6-5-9-18(19)21-13-11-20(12-14-21)15-16-7-3-4-8-17(16)22(23)24/h3-10H,2,11-15H2,1H3. The minimum atomic E-state index is -0.302. The van der Waals surface area contributed by atoms with Crippen LogP contribution >= 0.6 is 0 Å². The summed E-state index contributed by atoms with van der Waals surface area (Å²) in [5.74, 6) is 0.914. The molecule has 0 aromatic heterocycles. The molecule has 0 N–H and O–H groups in total. The van der Waals surface area contributed by atoms with Gasteiger partial charge in [-0.3, -0.25) is 15.0 Å². The molecule has 1 saturated heterocycles. The van der Waals surface area contributed by atoms with Crippen LogP contribution in [0.25, 0.3) is 0 Å². The lowest BCUT2D eigenvalue weighted by Crippen LogP contribution is -2.46. The van der Waals surface area contributed by atoms with E-state index in [2.05, 4.69) is 15.9 Å². The van der Waals surface area contributed by atoms with E-state index in [4.69, 9.17) is 4.74 Å². The number of nitrogens with zero attached hydrogens (tertiary/aromatic N) is 3. The minimum absolute atomic E-state index is 0.201. The lowest BCUT2D eigenvalue weighted by atomic mass is 10.1. The summed E-state index contributed by atoms with van der Waals surface area (Å²) in [5, 5.41) is 11.2. The molecular formula is C19H23N3O3. The van der Waals surface area contributed by atoms with Crippen molar-refractivity contribution in [3.63, 3.8) is 0 Å². The predicted octanol–water partition coefficient (Wildman–Crippen LogP) is 3.32. The summed E-state index contributed by atoms with van der Waals surface area (Å²) < 4.78 is 5.72. The van der Waals surface area contributed by atoms with Gasteiger partial charge in [0.05, 0.1) is 17.2 Å². The van der Waals surface area contributed by atoms with E-state index in [1.54, 1.807) is 12.1 Å². The Morgan fingerprint density at radius 1 is 1.04 bits per heavy atom. The van der Waals surface area contributed by atoms with Crippen LogP contribution in [0.4, 0.5) is 11.4 Å². The summed E-state index contributed by atoms with van der Waals surface area (Å²) in [5.41, 5.74) is 2.09. The Morgan fingerprint density at radius 2 is 1.72 bits per heavy atom. The Balaban J connectivity index is 1.64. The first-order valence-corrected chi connectivity index (χ1v) is 8.60. The highest BCUT2D eigenvalue weighted by Crippen LogP contribution is 2.29. The van der Waals surface area contributed by atoms with Crippen LogP contribution in [-0.2, 0) is 6.54 Å². The van der Waals surface area contributed by atoms with Gasteiger partial charge in [-0.25, -0.2) is 0 Å². The molecule has 0 bridgehead atoms. The summed E-state index contributed by atoms with van der Waals surface area (Å²) in [6, 6.07) is 15.1. The number of benzene rings is 2. The smallest absolute Gasteiger partial charge is 0.273 e. The molecule has 0 unspecified atom stereocenters. The number of nitro groups is 1. The number of hydrogen-bond acceptors (Lipinski definition) is 5. The fourth-order valence-corrected chi connectivity index (χ4v) is 3.21. The van der Waals surface area contributed by atoms with Crippen molar-refractivity contribution < 1.29 is 9.66 Å². The van der Waals surface area contributed by atoms with Crippen LogP contribution in [-0.4, -0.2) is 42.6 Å².